The summed E-state index contributed by atoms with van der Waals surface area (Å²) < 4.78 is 2.17. The molecule has 0 bridgehead atoms. The first-order chi connectivity index (χ1) is 12.1. The number of aliphatic hydroxyl groups is 1. The highest BCUT2D eigenvalue weighted by molar-refractivity contribution is 6.07. The Bertz CT molecular complexity index is 861. The lowest BCUT2D eigenvalue weighted by Gasteiger charge is -2.32. The molecule has 0 saturated carbocycles. The fourth-order valence-electron chi connectivity index (χ4n) is 4.00. The van der Waals surface area contributed by atoms with E-state index in [0.717, 1.165) is 24.0 Å². The summed E-state index contributed by atoms with van der Waals surface area (Å²) in [5.74, 6) is 0.678. The topological polar surface area (TPSA) is 45.5 Å². The monoisotopic (exact) mass is 336 g/mol. The number of benzene rings is 2. The Hall–Kier alpha value is -2.33. The van der Waals surface area contributed by atoms with Crippen LogP contribution in [-0.2, 0) is 11.3 Å². The van der Waals surface area contributed by atoms with Crippen molar-refractivity contribution < 1.29 is 9.90 Å². The lowest BCUT2D eigenvalue weighted by molar-refractivity contribution is -0.136. The first-order valence-corrected chi connectivity index (χ1v) is 9.05. The van der Waals surface area contributed by atoms with Crippen LogP contribution in [0.2, 0.25) is 0 Å². The predicted octanol–water partition coefficient (Wildman–Crippen LogP) is 3.41. The third-order valence-corrected chi connectivity index (χ3v) is 5.24. The van der Waals surface area contributed by atoms with E-state index in [9.17, 15) is 9.90 Å². The van der Waals surface area contributed by atoms with E-state index in [0.29, 0.717) is 25.4 Å². The Balaban J connectivity index is 1.62. The maximum Gasteiger partial charge on any atom is 0.222 e. The summed E-state index contributed by atoms with van der Waals surface area (Å²) in [6, 6.07) is 16.6. The van der Waals surface area contributed by atoms with Gasteiger partial charge in [0.2, 0.25) is 5.91 Å². The minimum Gasteiger partial charge on any atom is -0.389 e. The quantitative estimate of drug-likeness (QED) is 0.793. The molecule has 25 heavy (non-hydrogen) atoms. The van der Waals surface area contributed by atoms with Gasteiger partial charge >= 0.3 is 0 Å². The zero-order valence-electron chi connectivity index (χ0n) is 14.6. The highest BCUT2D eigenvalue weighted by Crippen LogP contribution is 2.29. The number of carbonyl (C=O) groups is 1. The molecule has 1 aromatic heterocycles. The molecule has 130 valence electrons. The molecule has 1 amide bonds. The Morgan fingerprint density at radius 3 is 2.28 bits per heavy atom. The molecule has 0 spiro atoms. The molecule has 3 aromatic rings. The Morgan fingerprint density at radius 2 is 1.64 bits per heavy atom. The van der Waals surface area contributed by atoms with Crippen LogP contribution in [-0.4, -0.2) is 39.7 Å². The fraction of sp³-hybridized carbons (Fsp3) is 0.381. The Morgan fingerprint density at radius 1 is 1.04 bits per heavy atom. The summed E-state index contributed by atoms with van der Waals surface area (Å²) in [5.41, 5.74) is 2.25. The van der Waals surface area contributed by atoms with E-state index in [1.165, 1.54) is 10.8 Å². The number of rotatable bonds is 4. The zero-order valence-corrected chi connectivity index (χ0v) is 14.6. The molecule has 0 radical (unpaired) electrons. The van der Waals surface area contributed by atoms with Crippen molar-refractivity contribution in [2.24, 2.45) is 5.92 Å². The van der Waals surface area contributed by atoms with Crippen LogP contribution in [0.1, 0.15) is 19.8 Å². The summed E-state index contributed by atoms with van der Waals surface area (Å²) in [6.07, 6.45) is 0.982. The molecule has 4 heteroatoms. The van der Waals surface area contributed by atoms with Crippen LogP contribution in [0.4, 0.5) is 0 Å². The number of nitrogens with zero attached hydrogens (tertiary/aromatic N) is 2. The maximum absolute atomic E-state index is 12.1. The van der Waals surface area contributed by atoms with Gasteiger partial charge in [0.1, 0.15) is 0 Å². The van der Waals surface area contributed by atoms with Gasteiger partial charge in [-0.25, -0.2) is 0 Å². The standard InChI is InChI=1S/C21H24N2O2/c1-15-10-11-21(25)22(12-15)13-16(24)14-23-19-8-4-2-6-17(19)18-7-3-5-9-20(18)23/h2-9,15-16,24H,10-14H2,1H3/t15-,16-/m1/s1. The minimum absolute atomic E-state index is 0.166. The van der Waals surface area contributed by atoms with Crippen LogP contribution in [0, 0.1) is 5.92 Å². The lowest BCUT2D eigenvalue weighted by Crippen LogP contribution is -2.44. The second-order valence-electron chi connectivity index (χ2n) is 7.24. The van der Waals surface area contributed by atoms with Crippen molar-refractivity contribution in [1.29, 1.82) is 0 Å². The molecule has 2 aromatic carbocycles. The van der Waals surface area contributed by atoms with Gasteiger partial charge in [-0.3, -0.25) is 4.79 Å². The van der Waals surface area contributed by atoms with Crippen molar-refractivity contribution in [2.45, 2.75) is 32.4 Å². The number of para-hydroxylation sites is 2. The van der Waals surface area contributed by atoms with E-state index in [1.54, 1.807) is 0 Å². The van der Waals surface area contributed by atoms with Crippen LogP contribution in [0.25, 0.3) is 21.8 Å². The molecule has 1 saturated heterocycles. The predicted molar refractivity (Wildman–Crippen MR) is 100 cm³/mol. The third kappa shape index (κ3) is 3.02. The van der Waals surface area contributed by atoms with Gasteiger partial charge in [0, 0.05) is 41.3 Å². The van der Waals surface area contributed by atoms with Gasteiger partial charge in [-0.05, 0) is 24.5 Å². The highest BCUT2D eigenvalue weighted by Gasteiger charge is 2.25. The largest absolute Gasteiger partial charge is 0.389 e. The average Bonchev–Trinajstić information content (AvgIpc) is 2.93. The molecule has 0 aliphatic carbocycles. The first kappa shape index (κ1) is 16.2. The molecule has 1 aliphatic rings. The number of β-amino-alcohol motifs (C(OH)–C–C–N with tert-alkyl or cyclic N) is 1. The number of aliphatic hydroxyl groups excluding tert-OH is 1. The maximum atomic E-state index is 12.1. The zero-order chi connectivity index (χ0) is 17.4. The fourth-order valence-corrected chi connectivity index (χ4v) is 4.00. The number of hydrogen-bond acceptors (Lipinski definition) is 2. The first-order valence-electron chi connectivity index (χ1n) is 9.05. The molecule has 4 rings (SSSR count). The minimum atomic E-state index is -0.575. The Labute approximate surface area is 147 Å². The normalized spacial score (nSPS) is 19.7. The van der Waals surface area contributed by atoms with E-state index in [2.05, 4.69) is 35.8 Å². The molecule has 2 atom stereocenters. The van der Waals surface area contributed by atoms with Crippen LogP contribution in [0.15, 0.2) is 48.5 Å². The van der Waals surface area contributed by atoms with Gasteiger partial charge in [-0.15, -0.1) is 0 Å². The SMILES string of the molecule is C[C@@H]1CCC(=O)N(C[C@@H](O)Cn2c3ccccc3c3ccccc32)C1. The van der Waals surface area contributed by atoms with E-state index >= 15 is 0 Å². The van der Waals surface area contributed by atoms with Crippen LogP contribution >= 0.6 is 0 Å². The molecule has 1 aliphatic heterocycles. The number of likely N-dealkylation sites (tertiary alicyclic amines) is 1. The summed E-state index contributed by atoms with van der Waals surface area (Å²) in [7, 11) is 0. The van der Waals surface area contributed by atoms with E-state index in [1.807, 2.05) is 29.2 Å². The summed E-state index contributed by atoms with van der Waals surface area (Å²) in [6.45, 7) is 3.82. The number of carbonyl (C=O) groups excluding carboxylic acids is 1. The van der Waals surface area contributed by atoms with Crippen molar-refractivity contribution in [3.8, 4) is 0 Å². The van der Waals surface area contributed by atoms with Gasteiger partial charge in [-0.1, -0.05) is 43.3 Å². The Kier molecular flexibility index (Phi) is 4.22. The van der Waals surface area contributed by atoms with Gasteiger partial charge in [-0.2, -0.15) is 0 Å². The molecule has 1 N–H and O–H groups in total. The lowest BCUT2D eigenvalue weighted by atomic mass is 9.99. The molecule has 1 fully saturated rings. The van der Waals surface area contributed by atoms with E-state index in [4.69, 9.17) is 0 Å². The van der Waals surface area contributed by atoms with Crippen LogP contribution in [0.3, 0.4) is 0 Å². The van der Waals surface area contributed by atoms with Crippen LogP contribution in [0.5, 0.6) is 0 Å². The van der Waals surface area contributed by atoms with Crippen molar-refractivity contribution in [1.82, 2.24) is 9.47 Å². The van der Waals surface area contributed by atoms with Gasteiger partial charge in [0.15, 0.2) is 0 Å². The number of hydrogen-bond donors (Lipinski definition) is 1. The average molecular weight is 336 g/mol. The molecular formula is C21H24N2O2. The molecule has 4 nitrogen and oxygen atoms in total. The number of fused-ring (bicyclic) bond motifs is 3. The number of amides is 1. The second-order valence-corrected chi connectivity index (χ2v) is 7.24. The molecule has 0 unspecified atom stereocenters. The summed E-state index contributed by atoms with van der Waals surface area (Å²) in [5, 5.41) is 13.1. The number of aromatic nitrogens is 1. The summed E-state index contributed by atoms with van der Waals surface area (Å²) >= 11 is 0. The molecular weight excluding hydrogens is 312 g/mol. The highest BCUT2D eigenvalue weighted by atomic mass is 16.3. The van der Waals surface area contributed by atoms with Crippen molar-refractivity contribution in [3.63, 3.8) is 0 Å². The van der Waals surface area contributed by atoms with E-state index < -0.39 is 6.10 Å². The van der Waals surface area contributed by atoms with E-state index in [-0.39, 0.29) is 5.91 Å². The smallest absolute Gasteiger partial charge is 0.222 e. The van der Waals surface area contributed by atoms with Gasteiger partial charge in [0.25, 0.3) is 0 Å². The van der Waals surface area contributed by atoms with Crippen molar-refractivity contribution in [3.05, 3.63) is 48.5 Å². The second kappa shape index (κ2) is 6.52. The van der Waals surface area contributed by atoms with Crippen molar-refractivity contribution >= 4 is 27.7 Å². The van der Waals surface area contributed by atoms with Gasteiger partial charge in [0.05, 0.1) is 12.6 Å². The summed E-state index contributed by atoms with van der Waals surface area (Å²) in [4.78, 5) is 13.9. The van der Waals surface area contributed by atoms with Crippen LogP contribution < -0.4 is 0 Å². The third-order valence-electron chi connectivity index (χ3n) is 5.24. The van der Waals surface area contributed by atoms with Gasteiger partial charge < -0.3 is 14.6 Å². The number of piperidine rings is 1. The van der Waals surface area contributed by atoms with Crippen molar-refractivity contribution in [2.75, 3.05) is 13.1 Å². The molecule has 2 heterocycles.